The molecule has 1 aliphatic heterocycles. The highest BCUT2D eigenvalue weighted by Gasteiger charge is 2.21. The van der Waals surface area contributed by atoms with Crippen LogP contribution in [0, 0.1) is 6.92 Å². The van der Waals surface area contributed by atoms with Crippen LogP contribution in [0.25, 0.3) is 4.96 Å². The average molecular weight is 221 g/mol. The molecule has 1 fully saturated rings. The minimum absolute atomic E-state index is 0.503. The summed E-state index contributed by atoms with van der Waals surface area (Å²) in [4.78, 5) is 5.71. The second-order valence-corrected chi connectivity index (χ2v) is 5.01. The number of fused-ring (bicyclic) bond motifs is 1. The minimum Gasteiger partial charge on any atom is -0.309 e. The van der Waals surface area contributed by atoms with Gasteiger partial charge in [-0.25, -0.2) is 4.98 Å². The second kappa shape index (κ2) is 3.61. The van der Waals surface area contributed by atoms with Crippen LogP contribution in [-0.4, -0.2) is 15.9 Å². The van der Waals surface area contributed by atoms with Gasteiger partial charge in [-0.2, -0.15) is 0 Å². The molecule has 80 valence electrons. The SMILES string of the molecule is Cc1nc2sccn2c1C1CCCCN1. The van der Waals surface area contributed by atoms with Gasteiger partial charge in [0.2, 0.25) is 0 Å². The summed E-state index contributed by atoms with van der Waals surface area (Å²) >= 11 is 1.71. The predicted molar refractivity (Wildman–Crippen MR) is 62.4 cm³/mol. The summed E-state index contributed by atoms with van der Waals surface area (Å²) in [6.45, 7) is 3.26. The number of aromatic nitrogens is 2. The number of hydrogen-bond acceptors (Lipinski definition) is 3. The molecule has 1 saturated heterocycles. The van der Waals surface area contributed by atoms with E-state index < -0.39 is 0 Å². The maximum absolute atomic E-state index is 4.59. The molecule has 15 heavy (non-hydrogen) atoms. The molecule has 2 aromatic rings. The Bertz CT molecular complexity index is 465. The third kappa shape index (κ3) is 1.48. The van der Waals surface area contributed by atoms with Crippen molar-refractivity contribution in [3.63, 3.8) is 0 Å². The van der Waals surface area contributed by atoms with Crippen molar-refractivity contribution in [3.8, 4) is 0 Å². The van der Waals surface area contributed by atoms with Gasteiger partial charge in [-0.1, -0.05) is 6.42 Å². The Morgan fingerprint density at radius 2 is 2.47 bits per heavy atom. The van der Waals surface area contributed by atoms with Crippen molar-refractivity contribution in [2.75, 3.05) is 6.54 Å². The number of nitrogens with zero attached hydrogens (tertiary/aromatic N) is 2. The van der Waals surface area contributed by atoms with Crippen molar-refractivity contribution in [3.05, 3.63) is 23.0 Å². The molecule has 1 N–H and O–H groups in total. The number of thiazole rings is 1. The summed E-state index contributed by atoms with van der Waals surface area (Å²) in [5.74, 6) is 0. The molecule has 0 amide bonds. The zero-order chi connectivity index (χ0) is 10.3. The smallest absolute Gasteiger partial charge is 0.194 e. The fourth-order valence-electron chi connectivity index (χ4n) is 2.42. The monoisotopic (exact) mass is 221 g/mol. The average Bonchev–Trinajstić information content (AvgIpc) is 2.78. The molecule has 0 spiro atoms. The van der Waals surface area contributed by atoms with E-state index in [-0.39, 0.29) is 0 Å². The number of nitrogens with one attached hydrogen (secondary N) is 1. The first-order chi connectivity index (χ1) is 7.36. The van der Waals surface area contributed by atoms with Crippen molar-refractivity contribution >= 4 is 16.3 Å². The van der Waals surface area contributed by atoms with Crippen LogP contribution in [0.2, 0.25) is 0 Å². The first-order valence-corrected chi connectivity index (χ1v) is 6.39. The molecule has 1 aliphatic rings. The minimum atomic E-state index is 0.503. The van der Waals surface area contributed by atoms with E-state index >= 15 is 0 Å². The molecular formula is C11H15N3S. The molecule has 0 aromatic carbocycles. The summed E-state index contributed by atoms with van der Waals surface area (Å²) in [6, 6.07) is 0.503. The molecule has 0 bridgehead atoms. The Kier molecular flexibility index (Phi) is 2.25. The molecule has 3 heterocycles. The predicted octanol–water partition coefficient (Wildman–Crippen LogP) is 2.52. The van der Waals surface area contributed by atoms with Gasteiger partial charge in [0.1, 0.15) is 0 Å². The van der Waals surface area contributed by atoms with Crippen molar-refractivity contribution < 1.29 is 0 Å². The molecule has 4 heteroatoms. The molecule has 1 unspecified atom stereocenters. The van der Waals surface area contributed by atoms with Gasteiger partial charge >= 0.3 is 0 Å². The maximum atomic E-state index is 4.59. The zero-order valence-electron chi connectivity index (χ0n) is 8.86. The third-order valence-electron chi connectivity index (χ3n) is 3.12. The lowest BCUT2D eigenvalue weighted by atomic mass is 10.0. The van der Waals surface area contributed by atoms with E-state index in [0.29, 0.717) is 6.04 Å². The summed E-state index contributed by atoms with van der Waals surface area (Å²) in [6.07, 6.45) is 6.01. The number of piperidine rings is 1. The molecule has 2 aromatic heterocycles. The lowest BCUT2D eigenvalue weighted by Crippen LogP contribution is -2.28. The van der Waals surface area contributed by atoms with Gasteiger partial charge in [0, 0.05) is 17.6 Å². The Balaban J connectivity index is 2.07. The van der Waals surface area contributed by atoms with Crippen LogP contribution < -0.4 is 5.32 Å². The van der Waals surface area contributed by atoms with Crippen molar-refractivity contribution in [1.29, 1.82) is 0 Å². The molecule has 0 saturated carbocycles. The molecule has 3 rings (SSSR count). The van der Waals surface area contributed by atoms with Gasteiger partial charge in [-0.05, 0) is 26.3 Å². The standard InChI is InChI=1S/C11H15N3S/c1-8-10(9-4-2-3-5-12-9)14-6-7-15-11(14)13-8/h6-7,9,12H,2-5H2,1H3. The van der Waals surface area contributed by atoms with E-state index in [0.717, 1.165) is 11.5 Å². The van der Waals surface area contributed by atoms with Gasteiger partial charge in [-0.3, -0.25) is 4.40 Å². The van der Waals surface area contributed by atoms with Gasteiger partial charge in [-0.15, -0.1) is 11.3 Å². The van der Waals surface area contributed by atoms with Crippen molar-refractivity contribution in [1.82, 2.24) is 14.7 Å². The first-order valence-electron chi connectivity index (χ1n) is 5.51. The Hall–Kier alpha value is -0.870. The van der Waals surface area contributed by atoms with Crippen LogP contribution in [0.3, 0.4) is 0 Å². The van der Waals surface area contributed by atoms with E-state index in [1.807, 2.05) is 0 Å². The highest BCUT2D eigenvalue weighted by molar-refractivity contribution is 7.15. The number of rotatable bonds is 1. The Morgan fingerprint density at radius 1 is 1.53 bits per heavy atom. The van der Waals surface area contributed by atoms with Crippen LogP contribution in [0.15, 0.2) is 11.6 Å². The maximum Gasteiger partial charge on any atom is 0.194 e. The zero-order valence-corrected chi connectivity index (χ0v) is 9.68. The quantitative estimate of drug-likeness (QED) is 0.801. The van der Waals surface area contributed by atoms with Gasteiger partial charge in [0.25, 0.3) is 0 Å². The fourth-order valence-corrected chi connectivity index (χ4v) is 3.18. The normalized spacial score (nSPS) is 22.3. The largest absolute Gasteiger partial charge is 0.309 e. The first kappa shape index (κ1) is 9.36. The summed E-state index contributed by atoms with van der Waals surface area (Å²) in [7, 11) is 0. The highest BCUT2D eigenvalue weighted by atomic mass is 32.1. The van der Waals surface area contributed by atoms with Crippen LogP contribution in [0.5, 0.6) is 0 Å². The summed E-state index contributed by atoms with van der Waals surface area (Å²) in [5, 5.41) is 5.69. The fraction of sp³-hybridized carbons (Fsp3) is 0.545. The Labute approximate surface area is 93.1 Å². The summed E-state index contributed by atoms with van der Waals surface area (Å²) in [5.41, 5.74) is 2.55. The van der Waals surface area contributed by atoms with Crippen LogP contribution in [0.4, 0.5) is 0 Å². The lowest BCUT2D eigenvalue weighted by molar-refractivity contribution is 0.402. The van der Waals surface area contributed by atoms with Crippen LogP contribution in [-0.2, 0) is 0 Å². The third-order valence-corrected chi connectivity index (χ3v) is 3.88. The van der Waals surface area contributed by atoms with Crippen LogP contribution in [0.1, 0.15) is 36.7 Å². The lowest BCUT2D eigenvalue weighted by Gasteiger charge is -2.23. The van der Waals surface area contributed by atoms with E-state index in [1.54, 1.807) is 11.3 Å². The van der Waals surface area contributed by atoms with E-state index in [2.05, 4.69) is 33.2 Å². The van der Waals surface area contributed by atoms with Gasteiger partial charge < -0.3 is 5.32 Å². The second-order valence-electron chi connectivity index (χ2n) is 4.14. The topological polar surface area (TPSA) is 29.3 Å². The molecule has 0 aliphatic carbocycles. The van der Waals surface area contributed by atoms with Gasteiger partial charge in [0.05, 0.1) is 11.4 Å². The van der Waals surface area contributed by atoms with E-state index in [9.17, 15) is 0 Å². The summed E-state index contributed by atoms with van der Waals surface area (Å²) < 4.78 is 2.24. The van der Waals surface area contributed by atoms with E-state index in [4.69, 9.17) is 0 Å². The molecule has 1 atom stereocenters. The van der Waals surface area contributed by atoms with Crippen LogP contribution >= 0.6 is 11.3 Å². The number of aryl methyl sites for hydroxylation is 1. The highest BCUT2D eigenvalue weighted by Crippen LogP contribution is 2.27. The molecule has 3 nitrogen and oxygen atoms in total. The van der Waals surface area contributed by atoms with Gasteiger partial charge in [0.15, 0.2) is 4.96 Å². The number of hydrogen-bond donors (Lipinski definition) is 1. The van der Waals surface area contributed by atoms with Crippen molar-refractivity contribution in [2.45, 2.75) is 32.2 Å². The Morgan fingerprint density at radius 3 is 3.27 bits per heavy atom. The van der Waals surface area contributed by atoms with E-state index in [1.165, 1.54) is 30.7 Å². The molecular weight excluding hydrogens is 206 g/mol. The number of imidazole rings is 1. The molecule has 0 radical (unpaired) electrons. The van der Waals surface area contributed by atoms with Crippen molar-refractivity contribution in [2.24, 2.45) is 0 Å².